The van der Waals surface area contributed by atoms with Gasteiger partial charge in [0.25, 0.3) is 11.8 Å². The molecule has 148 valence electrons. The smallest absolute Gasteiger partial charge is 0.325 e. The standard InChI is InChI=1S/C21H24N2O5/c1-4-27-18-8-6-5-7-16(18)21(26)22-12-20(25)28-13-19(24)23-17-11-14(2)9-10-15(17)3/h5-11H,4,12-13H2,1-3H3,(H,22,26)(H,23,24). The molecule has 0 saturated heterocycles. The van der Waals surface area contributed by atoms with Crippen LogP contribution >= 0.6 is 0 Å². The SMILES string of the molecule is CCOc1ccccc1C(=O)NCC(=O)OCC(=O)Nc1cc(C)ccc1C. The topological polar surface area (TPSA) is 93.7 Å². The lowest BCUT2D eigenvalue weighted by atomic mass is 10.1. The van der Waals surface area contributed by atoms with Crippen molar-refractivity contribution in [1.82, 2.24) is 5.32 Å². The number of rotatable bonds is 8. The molecule has 2 rings (SSSR count). The minimum atomic E-state index is -0.710. The highest BCUT2D eigenvalue weighted by molar-refractivity contribution is 5.98. The molecule has 7 heteroatoms. The largest absolute Gasteiger partial charge is 0.493 e. The first-order chi connectivity index (χ1) is 13.4. The van der Waals surface area contributed by atoms with Gasteiger partial charge >= 0.3 is 5.97 Å². The van der Waals surface area contributed by atoms with Gasteiger partial charge in [-0.25, -0.2) is 0 Å². The molecule has 0 fully saturated rings. The average Bonchev–Trinajstić information content (AvgIpc) is 2.68. The maximum atomic E-state index is 12.2. The summed E-state index contributed by atoms with van der Waals surface area (Å²) in [5.74, 6) is -1.18. The Balaban J connectivity index is 1.80. The number of aryl methyl sites for hydroxylation is 2. The highest BCUT2D eigenvalue weighted by Crippen LogP contribution is 2.18. The summed E-state index contributed by atoms with van der Waals surface area (Å²) in [5.41, 5.74) is 2.91. The fourth-order valence-electron chi connectivity index (χ4n) is 2.44. The average molecular weight is 384 g/mol. The second kappa shape index (κ2) is 10.1. The molecule has 0 atom stereocenters. The maximum absolute atomic E-state index is 12.2. The number of ether oxygens (including phenoxy) is 2. The van der Waals surface area contributed by atoms with Crippen molar-refractivity contribution in [2.45, 2.75) is 20.8 Å². The Hall–Kier alpha value is -3.35. The molecule has 0 aliphatic rings. The van der Waals surface area contributed by atoms with Crippen molar-refractivity contribution in [3.05, 3.63) is 59.2 Å². The third kappa shape index (κ3) is 6.12. The van der Waals surface area contributed by atoms with Crippen LogP contribution in [-0.4, -0.2) is 37.5 Å². The molecule has 0 heterocycles. The zero-order valence-electron chi connectivity index (χ0n) is 16.2. The van der Waals surface area contributed by atoms with Gasteiger partial charge in [-0.1, -0.05) is 24.3 Å². The van der Waals surface area contributed by atoms with Gasteiger partial charge in [-0.3, -0.25) is 14.4 Å². The van der Waals surface area contributed by atoms with Gasteiger partial charge in [0, 0.05) is 5.69 Å². The van der Waals surface area contributed by atoms with Gasteiger partial charge in [0.15, 0.2) is 6.61 Å². The molecule has 2 N–H and O–H groups in total. The molecule has 7 nitrogen and oxygen atoms in total. The highest BCUT2D eigenvalue weighted by atomic mass is 16.5. The summed E-state index contributed by atoms with van der Waals surface area (Å²) in [6.07, 6.45) is 0. The summed E-state index contributed by atoms with van der Waals surface area (Å²) in [5, 5.41) is 5.16. The predicted molar refractivity (Wildman–Crippen MR) is 105 cm³/mol. The van der Waals surface area contributed by atoms with Crippen LogP contribution < -0.4 is 15.4 Å². The minimum absolute atomic E-state index is 0.324. The second-order valence-electron chi connectivity index (χ2n) is 6.14. The molecule has 0 aromatic heterocycles. The van der Waals surface area contributed by atoms with Crippen molar-refractivity contribution in [2.24, 2.45) is 0 Å². The Morgan fingerprint density at radius 1 is 1.04 bits per heavy atom. The number of benzene rings is 2. The van der Waals surface area contributed by atoms with Gasteiger partial charge in [0.05, 0.1) is 12.2 Å². The third-order valence-electron chi connectivity index (χ3n) is 3.86. The third-order valence-corrected chi connectivity index (χ3v) is 3.86. The van der Waals surface area contributed by atoms with Crippen molar-refractivity contribution in [3.8, 4) is 5.75 Å². The lowest BCUT2D eigenvalue weighted by Crippen LogP contribution is -2.32. The lowest BCUT2D eigenvalue weighted by Gasteiger charge is -2.11. The number of anilines is 1. The Morgan fingerprint density at radius 3 is 2.54 bits per heavy atom. The van der Waals surface area contributed by atoms with Gasteiger partial charge in [-0.15, -0.1) is 0 Å². The van der Waals surface area contributed by atoms with Crippen LogP contribution in [0, 0.1) is 13.8 Å². The van der Waals surface area contributed by atoms with E-state index in [1.807, 2.05) is 39.0 Å². The number of hydrogen-bond acceptors (Lipinski definition) is 5. The van der Waals surface area contributed by atoms with Gasteiger partial charge in [0.2, 0.25) is 0 Å². The summed E-state index contributed by atoms with van der Waals surface area (Å²) in [6.45, 7) is 5.24. The van der Waals surface area contributed by atoms with E-state index < -0.39 is 24.4 Å². The minimum Gasteiger partial charge on any atom is -0.493 e. The number of nitrogens with one attached hydrogen (secondary N) is 2. The molecule has 0 saturated carbocycles. The summed E-state index contributed by atoms with van der Waals surface area (Å²) in [7, 11) is 0. The normalized spacial score (nSPS) is 10.1. The Kier molecular flexibility index (Phi) is 7.56. The van der Waals surface area contributed by atoms with E-state index in [9.17, 15) is 14.4 Å². The molecule has 2 aromatic carbocycles. The number of esters is 1. The molecule has 0 aliphatic carbocycles. The molecule has 0 radical (unpaired) electrons. The number of carbonyl (C=O) groups excluding carboxylic acids is 3. The molecule has 28 heavy (non-hydrogen) atoms. The van der Waals surface area contributed by atoms with Gasteiger partial charge < -0.3 is 20.1 Å². The van der Waals surface area contributed by atoms with Crippen LogP contribution in [0.2, 0.25) is 0 Å². The van der Waals surface area contributed by atoms with E-state index in [4.69, 9.17) is 9.47 Å². The van der Waals surface area contributed by atoms with E-state index in [1.54, 1.807) is 24.3 Å². The number of hydrogen-bond donors (Lipinski definition) is 2. The van der Waals surface area contributed by atoms with Gasteiger partial charge in [0.1, 0.15) is 12.3 Å². The second-order valence-corrected chi connectivity index (χ2v) is 6.14. The van der Waals surface area contributed by atoms with Crippen molar-refractivity contribution in [1.29, 1.82) is 0 Å². The van der Waals surface area contributed by atoms with Crippen LogP contribution in [0.25, 0.3) is 0 Å². The zero-order chi connectivity index (χ0) is 20.5. The predicted octanol–water partition coefficient (Wildman–Crippen LogP) is 2.61. The van der Waals surface area contributed by atoms with E-state index in [1.165, 1.54) is 0 Å². The molecule has 0 spiro atoms. The van der Waals surface area contributed by atoms with Crippen LogP contribution in [0.3, 0.4) is 0 Å². The molecule has 0 unspecified atom stereocenters. The maximum Gasteiger partial charge on any atom is 0.325 e. The molecule has 2 aromatic rings. The van der Waals surface area contributed by atoms with Crippen LogP contribution in [0.5, 0.6) is 5.75 Å². The number of carbonyl (C=O) groups is 3. The zero-order valence-corrected chi connectivity index (χ0v) is 16.2. The van der Waals surface area contributed by atoms with Gasteiger partial charge in [-0.2, -0.15) is 0 Å². The Bertz CT molecular complexity index is 864. The molecule has 2 amide bonds. The number of para-hydroxylation sites is 1. The van der Waals surface area contributed by atoms with E-state index in [0.29, 0.717) is 23.6 Å². The Labute approximate surface area is 164 Å². The monoisotopic (exact) mass is 384 g/mol. The van der Waals surface area contributed by atoms with Crippen molar-refractivity contribution in [3.63, 3.8) is 0 Å². The molecule has 0 aliphatic heterocycles. The van der Waals surface area contributed by atoms with E-state index >= 15 is 0 Å². The van der Waals surface area contributed by atoms with Gasteiger partial charge in [-0.05, 0) is 50.1 Å². The fraction of sp³-hybridized carbons (Fsp3) is 0.286. The summed E-state index contributed by atoms with van der Waals surface area (Å²) in [4.78, 5) is 36.0. The molecular formula is C21H24N2O5. The lowest BCUT2D eigenvalue weighted by molar-refractivity contribution is -0.146. The summed E-state index contributed by atoms with van der Waals surface area (Å²) >= 11 is 0. The Morgan fingerprint density at radius 2 is 1.79 bits per heavy atom. The van der Waals surface area contributed by atoms with Crippen molar-refractivity contribution in [2.75, 3.05) is 25.1 Å². The first kappa shape index (κ1) is 21.0. The first-order valence-corrected chi connectivity index (χ1v) is 8.93. The van der Waals surface area contributed by atoms with Crippen molar-refractivity contribution >= 4 is 23.5 Å². The van der Waals surface area contributed by atoms with Crippen molar-refractivity contribution < 1.29 is 23.9 Å². The van der Waals surface area contributed by atoms with Crippen LogP contribution in [0.1, 0.15) is 28.4 Å². The van der Waals surface area contributed by atoms with Crippen LogP contribution in [-0.2, 0) is 14.3 Å². The van der Waals surface area contributed by atoms with E-state index in [-0.39, 0.29) is 6.54 Å². The first-order valence-electron chi connectivity index (χ1n) is 8.93. The van der Waals surface area contributed by atoms with Crippen LogP contribution in [0.15, 0.2) is 42.5 Å². The summed E-state index contributed by atoms with van der Waals surface area (Å²) < 4.78 is 10.3. The molecule has 0 bridgehead atoms. The molecular weight excluding hydrogens is 360 g/mol. The summed E-state index contributed by atoms with van der Waals surface area (Å²) in [6, 6.07) is 12.4. The number of amides is 2. The fourth-order valence-corrected chi connectivity index (χ4v) is 2.44. The quantitative estimate of drug-likeness (QED) is 0.683. The van der Waals surface area contributed by atoms with E-state index in [2.05, 4.69) is 10.6 Å². The van der Waals surface area contributed by atoms with Crippen LogP contribution in [0.4, 0.5) is 5.69 Å². The van der Waals surface area contributed by atoms with E-state index in [0.717, 1.165) is 11.1 Å². The highest BCUT2D eigenvalue weighted by Gasteiger charge is 2.14.